The molecule has 0 amide bonds. The van der Waals surface area contributed by atoms with Gasteiger partial charge < -0.3 is 14.4 Å². The maximum atomic E-state index is 11.9. The topological polar surface area (TPSA) is 75.8 Å². The third kappa shape index (κ3) is 3.60. The van der Waals surface area contributed by atoms with Crippen LogP contribution in [0.5, 0.6) is 5.75 Å². The van der Waals surface area contributed by atoms with Crippen molar-refractivity contribution < 1.29 is 19.2 Å². The average Bonchev–Trinajstić information content (AvgIpc) is 3.16. The van der Waals surface area contributed by atoms with Gasteiger partial charge >= 0.3 is 5.97 Å². The molecule has 3 aromatic rings. The van der Waals surface area contributed by atoms with Crippen molar-refractivity contribution >= 4 is 16.9 Å². The molecular weight excluding hydrogens is 356 g/mol. The minimum atomic E-state index is -0.102. The molecule has 28 heavy (non-hydrogen) atoms. The molecule has 6 heteroatoms. The first kappa shape index (κ1) is 18.5. The van der Waals surface area contributed by atoms with Crippen LogP contribution < -0.4 is 0 Å². The summed E-state index contributed by atoms with van der Waals surface area (Å²) in [4.78, 5) is 14.2. The molecule has 1 fully saturated rings. The lowest BCUT2D eigenvalue weighted by atomic mass is 9.96. The number of nitrogens with zero attached hydrogens (tertiary/aromatic N) is 2. The number of carbonyl (C=O) groups is 1. The quantitative estimate of drug-likeness (QED) is 0.675. The molecule has 0 radical (unpaired) electrons. The number of rotatable bonds is 5. The molecular formula is C22H24N2O4. The summed E-state index contributed by atoms with van der Waals surface area (Å²) in [6.07, 6.45) is 1.53. The van der Waals surface area contributed by atoms with E-state index in [0.717, 1.165) is 48.1 Å². The molecule has 2 heterocycles. The van der Waals surface area contributed by atoms with Gasteiger partial charge in [0.2, 0.25) is 0 Å². The monoisotopic (exact) mass is 380 g/mol. The fourth-order valence-corrected chi connectivity index (χ4v) is 3.82. The van der Waals surface area contributed by atoms with Gasteiger partial charge in [-0.1, -0.05) is 35.5 Å². The molecule has 2 aromatic carbocycles. The van der Waals surface area contributed by atoms with E-state index in [1.165, 1.54) is 0 Å². The van der Waals surface area contributed by atoms with Crippen molar-refractivity contribution in [1.82, 2.24) is 10.1 Å². The molecule has 1 N–H and O–H groups in total. The van der Waals surface area contributed by atoms with Crippen LogP contribution in [0.1, 0.15) is 25.3 Å². The largest absolute Gasteiger partial charge is 0.507 e. The van der Waals surface area contributed by atoms with E-state index in [0.29, 0.717) is 18.7 Å². The number of ether oxygens (including phenoxy) is 1. The Bertz CT molecular complexity index is 959. The van der Waals surface area contributed by atoms with Gasteiger partial charge in [0.15, 0.2) is 5.58 Å². The predicted molar refractivity (Wildman–Crippen MR) is 106 cm³/mol. The van der Waals surface area contributed by atoms with Gasteiger partial charge in [-0.2, -0.15) is 0 Å². The van der Waals surface area contributed by atoms with E-state index in [4.69, 9.17) is 9.26 Å². The number of carbonyl (C=O) groups excluding carboxylic acids is 1. The van der Waals surface area contributed by atoms with E-state index >= 15 is 0 Å². The number of fused-ring (bicyclic) bond motifs is 1. The summed E-state index contributed by atoms with van der Waals surface area (Å²) in [6.45, 7) is 4.36. The van der Waals surface area contributed by atoms with Crippen molar-refractivity contribution in [2.45, 2.75) is 26.3 Å². The van der Waals surface area contributed by atoms with Gasteiger partial charge in [-0.3, -0.25) is 9.69 Å². The van der Waals surface area contributed by atoms with Crippen LogP contribution in [0, 0.1) is 5.92 Å². The van der Waals surface area contributed by atoms with Crippen LogP contribution in [-0.2, 0) is 16.1 Å². The van der Waals surface area contributed by atoms with Crippen molar-refractivity contribution in [2.24, 2.45) is 5.92 Å². The normalized spacial score (nSPS) is 15.8. The van der Waals surface area contributed by atoms with E-state index in [9.17, 15) is 9.90 Å². The van der Waals surface area contributed by atoms with Crippen LogP contribution in [0.15, 0.2) is 47.0 Å². The van der Waals surface area contributed by atoms with Crippen LogP contribution >= 0.6 is 0 Å². The first-order valence-corrected chi connectivity index (χ1v) is 9.72. The highest BCUT2D eigenvalue weighted by atomic mass is 16.5. The lowest BCUT2D eigenvalue weighted by molar-refractivity contribution is -0.149. The second-order valence-electron chi connectivity index (χ2n) is 7.14. The molecule has 0 saturated carbocycles. The first-order valence-electron chi connectivity index (χ1n) is 9.72. The molecule has 4 rings (SSSR count). The summed E-state index contributed by atoms with van der Waals surface area (Å²) in [6, 6.07) is 13.4. The van der Waals surface area contributed by atoms with Crippen LogP contribution in [0.2, 0.25) is 0 Å². The van der Waals surface area contributed by atoms with Crippen molar-refractivity contribution in [3.63, 3.8) is 0 Å². The van der Waals surface area contributed by atoms with Gasteiger partial charge in [-0.05, 0) is 45.0 Å². The zero-order valence-electron chi connectivity index (χ0n) is 15.9. The van der Waals surface area contributed by atoms with Crippen LogP contribution in [0.3, 0.4) is 0 Å². The highest BCUT2D eigenvalue weighted by Crippen LogP contribution is 2.35. The molecule has 0 aliphatic carbocycles. The first-order chi connectivity index (χ1) is 13.7. The molecule has 0 unspecified atom stereocenters. The number of piperidine rings is 1. The molecule has 1 aromatic heterocycles. The Balaban J connectivity index is 1.54. The van der Waals surface area contributed by atoms with Gasteiger partial charge in [0.25, 0.3) is 0 Å². The summed E-state index contributed by atoms with van der Waals surface area (Å²) in [7, 11) is 0. The highest BCUT2D eigenvalue weighted by Gasteiger charge is 2.27. The standard InChI is InChI=1S/C22H24N2O4/c1-2-27-22(26)16-10-12-24(13-11-16)14-18-19(25)9-8-17-20(23-28-21(17)18)15-6-4-3-5-7-15/h3-9,16,25H,2,10-14H2,1H3. The van der Waals surface area contributed by atoms with Crippen molar-refractivity contribution in [1.29, 1.82) is 0 Å². The second kappa shape index (κ2) is 8.02. The SMILES string of the molecule is CCOC(=O)C1CCN(Cc2c(O)ccc3c(-c4ccccc4)noc23)CC1. The molecule has 1 aliphatic rings. The van der Waals surface area contributed by atoms with E-state index < -0.39 is 0 Å². The Morgan fingerprint density at radius 3 is 2.68 bits per heavy atom. The number of hydrogen-bond donors (Lipinski definition) is 1. The maximum Gasteiger partial charge on any atom is 0.309 e. The Labute approximate surface area is 163 Å². The molecule has 0 bridgehead atoms. The lowest BCUT2D eigenvalue weighted by Crippen LogP contribution is -2.36. The number of phenolic OH excluding ortho intramolecular Hbond substituents is 1. The van der Waals surface area contributed by atoms with E-state index in [-0.39, 0.29) is 17.6 Å². The summed E-state index contributed by atoms with van der Waals surface area (Å²) in [5, 5.41) is 15.6. The van der Waals surface area contributed by atoms with Gasteiger partial charge in [-0.25, -0.2) is 0 Å². The summed E-state index contributed by atoms with van der Waals surface area (Å²) < 4.78 is 10.8. The van der Waals surface area contributed by atoms with Crippen LogP contribution in [-0.4, -0.2) is 40.8 Å². The third-order valence-corrected chi connectivity index (χ3v) is 5.36. The van der Waals surface area contributed by atoms with Gasteiger partial charge in [0.05, 0.1) is 23.5 Å². The number of aromatic nitrogens is 1. The van der Waals surface area contributed by atoms with Crippen LogP contribution in [0.25, 0.3) is 22.2 Å². The van der Waals surface area contributed by atoms with Gasteiger partial charge in [0, 0.05) is 12.1 Å². The van der Waals surface area contributed by atoms with Crippen LogP contribution in [0.4, 0.5) is 0 Å². The lowest BCUT2D eigenvalue weighted by Gasteiger charge is -2.30. The van der Waals surface area contributed by atoms with Crippen molar-refractivity contribution in [2.75, 3.05) is 19.7 Å². The minimum absolute atomic E-state index is 0.0319. The number of aromatic hydroxyl groups is 1. The molecule has 1 aliphatic heterocycles. The molecule has 1 saturated heterocycles. The number of esters is 1. The fraction of sp³-hybridized carbons (Fsp3) is 0.364. The Hall–Kier alpha value is -2.86. The highest BCUT2D eigenvalue weighted by molar-refractivity contribution is 5.94. The molecule has 146 valence electrons. The Morgan fingerprint density at radius 2 is 1.96 bits per heavy atom. The van der Waals surface area contributed by atoms with Crippen molar-refractivity contribution in [3.8, 4) is 17.0 Å². The zero-order chi connectivity index (χ0) is 19.5. The number of phenols is 1. The van der Waals surface area contributed by atoms with E-state index in [2.05, 4.69) is 10.1 Å². The van der Waals surface area contributed by atoms with E-state index in [1.807, 2.05) is 43.3 Å². The maximum absolute atomic E-state index is 11.9. The molecule has 0 spiro atoms. The number of hydrogen-bond acceptors (Lipinski definition) is 6. The molecule has 6 nitrogen and oxygen atoms in total. The smallest absolute Gasteiger partial charge is 0.309 e. The predicted octanol–water partition coefficient (Wildman–Crippen LogP) is 3.98. The van der Waals surface area contributed by atoms with Gasteiger partial charge in [-0.15, -0.1) is 0 Å². The summed E-state index contributed by atoms with van der Waals surface area (Å²) in [5.74, 6) is 0.0705. The average molecular weight is 380 g/mol. The fourth-order valence-electron chi connectivity index (χ4n) is 3.82. The Morgan fingerprint density at radius 1 is 1.21 bits per heavy atom. The van der Waals surface area contributed by atoms with E-state index in [1.54, 1.807) is 6.07 Å². The Kier molecular flexibility index (Phi) is 5.30. The van der Waals surface area contributed by atoms with Crippen molar-refractivity contribution in [3.05, 3.63) is 48.0 Å². The third-order valence-electron chi connectivity index (χ3n) is 5.36. The summed E-state index contributed by atoms with van der Waals surface area (Å²) >= 11 is 0. The minimum Gasteiger partial charge on any atom is -0.507 e. The number of likely N-dealkylation sites (tertiary alicyclic amines) is 1. The summed E-state index contributed by atoms with van der Waals surface area (Å²) in [5.41, 5.74) is 3.11. The zero-order valence-corrected chi connectivity index (χ0v) is 15.9. The molecule has 0 atom stereocenters. The second-order valence-corrected chi connectivity index (χ2v) is 7.14. The van der Waals surface area contributed by atoms with Gasteiger partial charge in [0.1, 0.15) is 11.4 Å². The number of benzene rings is 2.